The lowest BCUT2D eigenvalue weighted by molar-refractivity contribution is -0.365. The SMILES string of the molecule is C=C/C(Cl)=C(\C(=C)Cl)S(=O)(=O)OC[C@H]1O[C@@](OC)(c2ccc(Cl)c(Cc3ccc(OS(=O)(=O)c4c(Cl)cccc4Cl)cc3)c2)[C@H](O)[C@@H](O)[C@@H]1O. The smallest absolute Gasteiger partial charge is 0.342 e. The van der Waals surface area contributed by atoms with E-state index >= 15 is 0 Å². The Morgan fingerprint density at radius 2 is 1.56 bits per heavy atom. The molecule has 1 aliphatic rings. The summed E-state index contributed by atoms with van der Waals surface area (Å²) in [4.78, 5) is -1.05. The fraction of sp³-hybridized carbons (Fsp3) is 0.250. The lowest BCUT2D eigenvalue weighted by atomic mass is 9.87. The predicted octanol–water partition coefficient (Wildman–Crippen LogP) is 6.02. The van der Waals surface area contributed by atoms with Gasteiger partial charge in [0.2, 0.25) is 5.79 Å². The molecule has 3 aromatic carbocycles. The largest absolute Gasteiger partial charge is 0.387 e. The van der Waals surface area contributed by atoms with Crippen molar-refractivity contribution in [1.82, 2.24) is 0 Å². The number of halogens is 5. The standard InChI is InChI=1S/C32H29Cl5O11S2/c1-4-22(34)29(17(2)33)49(41,42)46-16-26-27(38)28(39)31(40)32(45-3,47-26)20-10-13-23(35)19(15-20)14-18-8-11-21(12-9-18)48-50(43,44)30-24(36)6-5-7-25(30)37/h4-13,15,26-28,31,38-40H,1-2,14,16H2,3H3/b29-22-/t26-,27-,28+,31-,32+/m1/s1. The molecule has 3 N–H and O–H groups in total. The number of hydrogen-bond acceptors (Lipinski definition) is 11. The molecule has 1 fully saturated rings. The highest BCUT2D eigenvalue weighted by molar-refractivity contribution is 7.91. The average molecular weight is 831 g/mol. The average Bonchev–Trinajstić information content (AvgIpc) is 3.05. The number of methoxy groups -OCH3 is 1. The zero-order valence-corrected chi connectivity index (χ0v) is 31.2. The van der Waals surface area contributed by atoms with Gasteiger partial charge in [-0.25, -0.2) is 0 Å². The van der Waals surface area contributed by atoms with Crippen LogP contribution in [0.15, 0.2) is 99.8 Å². The lowest BCUT2D eigenvalue weighted by Crippen LogP contribution is -2.64. The Morgan fingerprint density at radius 3 is 2.12 bits per heavy atom. The van der Waals surface area contributed by atoms with Crippen molar-refractivity contribution in [1.29, 1.82) is 0 Å². The second kappa shape index (κ2) is 16.2. The van der Waals surface area contributed by atoms with Crippen molar-refractivity contribution in [3.63, 3.8) is 0 Å². The quantitative estimate of drug-likeness (QED) is 0.136. The van der Waals surface area contributed by atoms with E-state index in [2.05, 4.69) is 13.2 Å². The van der Waals surface area contributed by atoms with Crippen LogP contribution in [0.4, 0.5) is 0 Å². The van der Waals surface area contributed by atoms with Gasteiger partial charge in [0.05, 0.1) is 26.7 Å². The molecule has 11 nitrogen and oxygen atoms in total. The summed E-state index contributed by atoms with van der Waals surface area (Å²) in [6.07, 6.45) is -6.03. The molecule has 0 amide bonds. The third-order valence-electron chi connectivity index (χ3n) is 7.49. The van der Waals surface area contributed by atoms with Crippen LogP contribution in [0.3, 0.4) is 0 Å². The van der Waals surface area contributed by atoms with Crippen molar-refractivity contribution < 1.29 is 50.0 Å². The second-order valence-corrected chi connectivity index (χ2v) is 15.8. The van der Waals surface area contributed by atoms with Crippen molar-refractivity contribution in [2.45, 2.75) is 41.5 Å². The summed E-state index contributed by atoms with van der Waals surface area (Å²) in [6, 6.07) is 14.7. The van der Waals surface area contributed by atoms with Crippen LogP contribution in [0.25, 0.3) is 0 Å². The Kier molecular flexibility index (Phi) is 13.2. The molecule has 0 aliphatic carbocycles. The van der Waals surface area contributed by atoms with Crippen LogP contribution in [-0.2, 0) is 46.1 Å². The molecular formula is C32H29Cl5O11S2. The zero-order chi connectivity index (χ0) is 37.2. The molecule has 4 rings (SSSR count). The van der Waals surface area contributed by atoms with E-state index in [4.69, 9.17) is 75.8 Å². The summed E-state index contributed by atoms with van der Waals surface area (Å²) < 4.78 is 73.3. The van der Waals surface area contributed by atoms with Crippen LogP contribution in [0.2, 0.25) is 15.1 Å². The van der Waals surface area contributed by atoms with Gasteiger partial charge in [0.1, 0.15) is 40.0 Å². The van der Waals surface area contributed by atoms with E-state index in [1.807, 2.05) is 0 Å². The van der Waals surface area contributed by atoms with Gasteiger partial charge in [-0.15, -0.1) is 0 Å². The zero-order valence-electron chi connectivity index (χ0n) is 25.8. The van der Waals surface area contributed by atoms with Crippen molar-refractivity contribution in [3.8, 4) is 5.75 Å². The second-order valence-electron chi connectivity index (χ2n) is 10.7. The van der Waals surface area contributed by atoms with Crippen LogP contribution in [0.1, 0.15) is 16.7 Å². The number of aliphatic hydroxyl groups is 3. The third kappa shape index (κ3) is 8.53. The number of allylic oxidation sites excluding steroid dienone is 3. The Balaban J connectivity index is 1.59. The minimum atomic E-state index is -4.68. The molecule has 0 bridgehead atoms. The van der Waals surface area contributed by atoms with Crippen molar-refractivity contribution in [2.75, 3.05) is 13.7 Å². The van der Waals surface area contributed by atoms with Gasteiger partial charge in [0.15, 0.2) is 0 Å². The topological polar surface area (TPSA) is 166 Å². The number of hydrogen-bond donors (Lipinski definition) is 3. The molecular weight excluding hydrogens is 802 g/mol. The number of aliphatic hydroxyl groups excluding tert-OH is 3. The summed E-state index contributed by atoms with van der Waals surface area (Å²) in [5, 5.41) is 31.9. The maximum atomic E-state index is 12.9. The molecule has 0 radical (unpaired) electrons. The maximum absolute atomic E-state index is 12.9. The van der Waals surface area contributed by atoms with E-state index in [9.17, 15) is 32.2 Å². The van der Waals surface area contributed by atoms with Gasteiger partial charge in [-0.3, -0.25) is 4.18 Å². The highest BCUT2D eigenvalue weighted by Gasteiger charge is 2.55. The number of ether oxygens (including phenoxy) is 2. The van der Waals surface area contributed by atoms with Gasteiger partial charge in [0.25, 0.3) is 10.1 Å². The molecule has 1 aliphatic heterocycles. The summed E-state index contributed by atoms with van der Waals surface area (Å²) >= 11 is 30.4. The fourth-order valence-electron chi connectivity index (χ4n) is 5.05. The van der Waals surface area contributed by atoms with Gasteiger partial charge >= 0.3 is 10.1 Å². The van der Waals surface area contributed by atoms with Crippen molar-refractivity contribution in [3.05, 3.63) is 127 Å². The fourth-order valence-corrected chi connectivity index (χ4v) is 9.11. The van der Waals surface area contributed by atoms with Gasteiger partial charge < -0.3 is 29.0 Å². The Bertz CT molecular complexity index is 2000. The van der Waals surface area contributed by atoms with Gasteiger partial charge in [-0.05, 0) is 60.0 Å². The van der Waals surface area contributed by atoms with Crippen LogP contribution >= 0.6 is 58.0 Å². The third-order valence-corrected chi connectivity index (χ3v) is 12.2. The molecule has 3 aromatic rings. The number of rotatable bonds is 13. The Morgan fingerprint density at radius 1 is 0.940 bits per heavy atom. The summed E-state index contributed by atoms with van der Waals surface area (Å²) in [5.74, 6) is -2.18. The van der Waals surface area contributed by atoms with Crippen molar-refractivity contribution >= 4 is 78.2 Å². The number of benzene rings is 3. The van der Waals surface area contributed by atoms with E-state index in [0.717, 1.165) is 6.08 Å². The predicted molar refractivity (Wildman–Crippen MR) is 189 cm³/mol. The van der Waals surface area contributed by atoms with E-state index < -0.39 is 67.0 Å². The van der Waals surface area contributed by atoms with Gasteiger partial charge in [-0.1, -0.05) is 95.4 Å². The molecule has 50 heavy (non-hydrogen) atoms. The first-order chi connectivity index (χ1) is 23.4. The summed E-state index contributed by atoms with van der Waals surface area (Å²) in [7, 11) is -7.87. The van der Waals surface area contributed by atoms with E-state index in [1.54, 1.807) is 12.1 Å². The Hall–Kier alpha value is -2.21. The first-order valence-corrected chi connectivity index (χ1v) is 18.9. The molecule has 0 aromatic heterocycles. The summed E-state index contributed by atoms with van der Waals surface area (Å²) in [6.45, 7) is 5.89. The molecule has 1 saturated heterocycles. The minimum absolute atomic E-state index is 0.0193. The van der Waals surface area contributed by atoms with Crippen LogP contribution in [0.5, 0.6) is 5.75 Å². The van der Waals surface area contributed by atoms with Crippen LogP contribution in [0, 0.1) is 0 Å². The van der Waals surface area contributed by atoms with E-state index in [1.165, 1.54) is 55.6 Å². The maximum Gasteiger partial charge on any atom is 0.342 e. The molecule has 0 spiro atoms. The molecule has 1 heterocycles. The highest BCUT2D eigenvalue weighted by Crippen LogP contribution is 2.41. The molecule has 0 unspecified atom stereocenters. The van der Waals surface area contributed by atoms with Crippen molar-refractivity contribution in [2.24, 2.45) is 0 Å². The molecule has 5 atom stereocenters. The minimum Gasteiger partial charge on any atom is -0.387 e. The van der Waals surface area contributed by atoms with Crippen LogP contribution < -0.4 is 4.18 Å². The molecule has 0 saturated carbocycles. The summed E-state index contributed by atoms with van der Waals surface area (Å²) in [5.41, 5.74) is 1.26. The van der Waals surface area contributed by atoms with E-state index in [0.29, 0.717) is 11.1 Å². The lowest BCUT2D eigenvalue weighted by Gasteiger charge is -2.48. The monoisotopic (exact) mass is 828 g/mol. The molecule has 18 heteroatoms. The van der Waals surface area contributed by atoms with E-state index in [-0.39, 0.29) is 42.7 Å². The Labute approximate surface area is 314 Å². The first kappa shape index (κ1) is 40.6. The van der Waals surface area contributed by atoms with Gasteiger partial charge in [-0.2, -0.15) is 16.8 Å². The molecule has 270 valence electrons. The van der Waals surface area contributed by atoms with Gasteiger partial charge in [0, 0.05) is 17.7 Å². The normalized spacial score (nSPS) is 23.2. The first-order valence-electron chi connectivity index (χ1n) is 14.2. The van der Waals surface area contributed by atoms with Crippen LogP contribution in [-0.4, -0.2) is 70.3 Å². The highest BCUT2D eigenvalue weighted by atomic mass is 35.5.